The Morgan fingerprint density at radius 2 is 1.94 bits per heavy atom. The molecule has 2 heterocycles. The van der Waals surface area contributed by atoms with E-state index in [9.17, 15) is 13.6 Å². The first-order valence-corrected chi connectivity index (χ1v) is 12.5. The summed E-state index contributed by atoms with van der Waals surface area (Å²) in [6, 6.07) is 10.4. The number of hydrogen-bond acceptors (Lipinski definition) is 4. The fourth-order valence-electron chi connectivity index (χ4n) is 4.70. The van der Waals surface area contributed by atoms with Gasteiger partial charge in [0, 0.05) is 29.7 Å². The van der Waals surface area contributed by atoms with Crippen molar-refractivity contribution >= 4 is 40.6 Å². The van der Waals surface area contributed by atoms with Crippen LogP contribution in [0.2, 0.25) is 10.0 Å². The Bertz CT molecular complexity index is 1240. The SMILES string of the molecule is CCCC(=O)C[C@H]1CC(c2cccc(OCC)c2Cl)c2cc(Cl)ccc2-n2c1nnc2C(F)(F)Cl. The Balaban J connectivity index is 1.97. The van der Waals surface area contributed by atoms with Gasteiger partial charge in [-0.25, -0.2) is 0 Å². The van der Waals surface area contributed by atoms with Gasteiger partial charge in [0.1, 0.15) is 17.4 Å². The van der Waals surface area contributed by atoms with E-state index in [0.29, 0.717) is 52.9 Å². The predicted molar refractivity (Wildman–Crippen MR) is 132 cm³/mol. The van der Waals surface area contributed by atoms with Crippen molar-refractivity contribution in [2.24, 2.45) is 0 Å². The second-order valence-corrected chi connectivity index (χ2v) is 9.78. The Labute approximate surface area is 217 Å². The zero-order valence-electron chi connectivity index (χ0n) is 19.2. The summed E-state index contributed by atoms with van der Waals surface area (Å²) in [5.41, 5.74) is 1.81. The highest BCUT2D eigenvalue weighted by Crippen LogP contribution is 2.48. The van der Waals surface area contributed by atoms with Crippen molar-refractivity contribution in [3.63, 3.8) is 0 Å². The van der Waals surface area contributed by atoms with Crippen LogP contribution in [-0.2, 0) is 10.2 Å². The van der Waals surface area contributed by atoms with Crippen molar-refractivity contribution in [1.29, 1.82) is 0 Å². The molecule has 0 saturated heterocycles. The molecule has 35 heavy (non-hydrogen) atoms. The number of nitrogens with zero attached hydrogens (tertiary/aromatic N) is 3. The zero-order chi connectivity index (χ0) is 25.3. The fourth-order valence-corrected chi connectivity index (χ4v) is 5.31. The minimum Gasteiger partial charge on any atom is -0.492 e. The van der Waals surface area contributed by atoms with Crippen LogP contribution in [0.5, 0.6) is 5.75 Å². The van der Waals surface area contributed by atoms with Crippen LogP contribution in [0, 0.1) is 0 Å². The summed E-state index contributed by atoms with van der Waals surface area (Å²) < 4.78 is 35.8. The number of ketones is 1. The molecular formula is C25H24Cl3F2N3O2. The lowest BCUT2D eigenvalue weighted by Gasteiger charge is -2.23. The van der Waals surface area contributed by atoms with E-state index >= 15 is 0 Å². The summed E-state index contributed by atoms with van der Waals surface area (Å²) in [6.07, 6.45) is 1.57. The van der Waals surface area contributed by atoms with Gasteiger partial charge >= 0.3 is 5.38 Å². The third kappa shape index (κ3) is 5.18. The molecule has 10 heteroatoms. The lowest BCUT2D eigenvalue weighted by Crippen LogP contribution is -2.16. The minimum atomic E-state index is -3.77. The molecular weight excluding hydrogens is 519 g/mol. The molecule has 2 atom stereocenters. The van der Waals surface area contributed by atoms with Crippen LogP contribution in [0.4, 0.5) is 8.78 Å². The quantitative estimate of drug-likeness (QED) is 0.275. The molecule has 186 valence electrons. The van der Waals surface area contributed by atoms with Crippen molar-refractivity contribution < 1.29 is 18.3 Å². The largest absolute Gasteiger partial charge is 0.492 e. The standard InChI is InChI=1S/C25H24Cl3F2N3O2/c1-3-6-16(34)11-14-12-18(17-7-5-8-21(22(17)27)35-4-2)19-13-15(26)9-10-20(19)33-23(14)31-32-24(33)25(28,29)30/h5,7-10,13-14,18H,3-4,6,11-12H2,1-2H3/t14-,18?/m0/s1. The number of benzene rings is 2. The van der Waals surface area contributed by atoms with Gasteiger partial charge in [-0.3, -0.25) is 9.36 Å². The van der Waals surface area contributed by atoms with Crippen molar-refractivity contribution in [2.45, 2.75) is 56.7 Å². The molecule has 1 aliphatic heterocycles. The molecule has 1 unspecified atom stereocenters. The molecule has 5 nitrogen and oxygen atoms in total. The fraction of sp³-hybridized carbons (Fsp3) is 0.400. The molecule has 0 amide bonds. The van der Waals surface area contributed by atoms with Crippen LogP contribution in [0.15, 0.2) is 36.4 Å². The Hall–Kier alpha value is -2.22. The van der Waals surface area contributed by atoms with E-state index in [1.165, 1.54) is 4.57 Å². The molecule has 0 spiro atoms. The van der Waals surface area contributed by atoms with Crippen molar-refractivity contribution in [3.8, 4) is 11.4 Å². The number of hydrogen-bond donors (Lipinski definition) is 0. The molecule has 0 bridgehead atoms. The molecule has 2 aromatic carbocycles. The number of aromatic nitrogens is 3. The summed E-state index contributed by atoms with van der Waals surface area (Å²) in [5.74, 6) is -0.797. The molecule has 0 aliphatic carbocycles. The highest BCUT2D eigenvalue weighted by Gasteiger charge is 2.41. The number of fused-ring (bicyclic) bond motifs is 3. The van der Waals surface area contributed by atoms with E-state index < -0.39 is 17.1 Å². The maximum Gasteiger partial charge on any atom is 0.382 e. The highest BCUT2D eigenvalue weighted by atomic mass is 35.5. The smallest absolute Gasteiger partial charge is 0.382 e. The van der Waals surface area contributed by atoms with Crippen LogP contribution in [0.3, 0.4) is 0 Å². The van der Waals surface area contributed by atoms with Crippen LogP contribution >= 0.6 is 34.8 Å². The lowest BCUT2D eigenvalue weighted by atomic mass is 9.82. The summed E-state index contributed by atoms with van der Waals surface area (Å²) in [7, 11) is 0. The van der Waals surface area contributed by atoms with Crippen LogP contribution < -0.4 is 4.74 Å². The van der Waals surface area contributed by atoms with Gasteiger partial charge in [0.05, 0.1) is 17.3 Å². The van der Waals surface area contributed by atoms with Gasteiger partial charge in [-0.15, -0.1) is 10.2 Å². The first kappa shape index (κ1) is 25.9. The molecule has 3 aromatic rings. The zero-order valence-corrected chi connectivity index (χ0v) is 21.5. The van der Waals surface area contributed by atoms with Crippen LogP contribution in [-0.4, -0.2) is 27.2 Å². The molecule has 4 rings (SSSR count). The van der Waals surface area contributed by atoms with Gasteiger partial charge < -0.3 is 4.74 Å². The first-order valence-electron chi connectivity index (χ1n) is 11.4. The Morgan fingerprint density at radius 3 is 2.63 bits per heavy atom. The lowest BCUT2D eigenvalue weighted by molar-refractivity contribution is -0.119. The summed E-state index contributed by atoms with van der Waals surface area (Å²) >= 11 is 18.6. The van der Waals surface area contributed by atoms with Crippen LogP contribution in [0.1, 0.15) is 74.1 Å². The van der Waals surface area contributed by atoms with E-state index in [4.69, 9.17) is 39.5 Å². The predicted octanol–water partition coefficient (Wildman–Crippen LogP) is 7.64. The number of carbonyl (C=O) groups excluding carboxylic acids is 1. The van der Waals surface area contributed by atoms with Crippen molar-refractivity contribution in [2.75, 3.05) is 6.61 Å². The second-order valence-electron chi connectivity index (χ2n) is 8.49. The molecule has 0 saturated carbocycles. The number of alkyl halides is 3. The third-order valence-electron chi connectivity index (χ3n) is 6.10. The third-order valence-corrected chi connectivity index (χ3v) is 6.91. The Kier molecular flexibility index (Phi) is 7.69. The van der Waals surface area contributed by atoms with Gasteiger partial charge in [0.25, 0.3) is 0 Å². The van der Waals surface area contributed by atoms with E-state index in [0.717, 1.165) is 5.56 Å². The number of carbonyl (C=O) groups is 1. The average molecular weight is 543 g/mol. The highest BCUT2D eigenvalue weighted by molar-refractivity contribution is 6.33. The monoisotopic (exact) mass is 541 g/mol. The van der Waals surface area contributed by atoms with Gasteiger partial charge in [-0.05, 0) is 66.8 Å². The number of Topliss-reactive ketones (excluding diaryl/α,β-unsaturated/α-hetero) is 1. The van der Waals surface area contributed by atoms with Gasteiger partial charge in [-0.1, -0.05) is 42.3 Å². The van der Waals surface area contributed by atoms with Crippen LogP contribution in [0.25, 0.3) is 5.69 Å². The average Bonchev–Trinajstić information content (AvgIpc) is 3.20. The maximum absolute atomic E-state index is 14.4. The van der Waals surface area contributed by atoms with Gasteiger partial charge in [0.2, 0.25) is 5.82 Å². The summed E-state index contributed by atoms with van der Waals surface area (Å²) in [4.78, 5) is 12.7. The maximum atomic E-state index is 14.4. The van der Waals surface area contributed by atoms with Gasteiger partial charge in [-0.2, -0.15) is 8.78 Å². The number of halogens is 5. The second kappa shape index (κ2) is 10.4. The number of ether oxygens (including phenoxy) is 1. The molecule has 1 aromatic heterocycles. The molecule has 1 aliphatic rings. The van der Waals surface area contributed by atoms with Crippen molar-refractivity contribution in [3.05, 3.63) is 69.2 Å². The van der Waals surface area contributed by atoms with E-state index in [1.54, 1.807) is 24.3 Å². The molecule has 0 radical (unpaired) electrons. The topological polar surface area (TPSA) is 57.0 Å². The summed E-state index contributed by atoms with van der Waals surface area (Å²) in [6.45, 7) is 4.21. The molecule has 0 fully saturated rings. The van der Waals surface area contributed by atoms with Gasteiger partial charge in [0.15, 0.2) is 0 Å². The number of rotatable bonds is 8. The summed E-state index contributed by atoms with van der Waals surface area (Å²) in [5, 5.41) is 4.91. The molecule has 0 N–H and O–H groups in total. The van der Waals surface area contributed by atoms with E-state index in [1.807, 2.05) is 26.0 Å². The first-order chi connectivity index (χ1) is 16.7. The van der Waals surface area contributed by atoms with E-state index in [-0.39, 0.29) is 23.9 Å². The normalized spacial score (nSPS) is 17.5. The minimum absolute atomic E-state index is 0.0168. The van der Waals surface area contributed by atoms with E-state index in [2.05, 4.69) is 10.2 Å². The van der Waals surface area contributed by atoms with Crippen molar-refractivity contribution in [1.82, 2.24) is 14.8 Å². The Morgan fingerprint density at radius 1 is 1.17 bits per heavy atom.